The number of hydrogen-bond donors (Lipinski definition) is 2. The third-order valence-electron chi connectivity index (χ3n) is 2.92. The molecule has 0 bridgehead atoms. The number of carbonyl (C=O) groups excluding carboxylic acids is 1. The molecule has 2 rings (SSSR count). The number of rotatable bonds is 4. The maximum absolute atomic E-state index is 12.3. The molecule has 5 nitrogen and oxygen atoms in total. The minimum atomic E-state index is -1.19. The van der Waals surface area contributed by atoms with Crippen molar-refractivity contribution in [2.45, 2.75) is 0 Å². The van der Waals surface area contributed by atoms with Crippen molar-refractivity contribution in [2.24, 2.45) is 0 Å². The van der Waals surface area contributed by atoms with Crippen molar-refractivity contribution in [3.63, 3.8) is 0 Å². The van der Waals surface area contributed by atoms with Crippen LogP contribution in [0.1, 0.15) is 20.7 Å². The zero-order valence-corrected chi connectivity index (χ0v) is 14.0. The van der Waals surface area contributed by atoms with Crippen LogP contribution in [0, 0.1) is 0 Å². The van der Waals surface area contributed by atoms with Crippen molar-refractivity contribution >= 4 is 52.4 Å². The van der Waals surface area contributed by atoms with Gasteiger partial charge in [-0.3, -0.25) is 4.79 Å². The molecule has 1 amide bonds. The predicted octanol–water partition coefficient (Wildman–Crippen LogP) is 4.61. The van der Waals surface area contributed by atoms with E-state index in [0.717, 1.165) is 0 Å². The summed E-state index contributed by atoms with van der Waals surface area (Å²) in [5, 5.41) is 12.2. The number of carbonyl (C=O) groups is 2. The first-order valence-electron chi connectivity index (χ1n) is 6.20. The topological polar surface area (TPSA) is 75.6 Å². The van der Waals surface area contributed by atoms with Crippen molar-refractivity contribution < 1.29 is 19.4 Å². The van der Waals surface area contributed by atoms with Crippen LogP contribution in [0.2, 0.25) is 15.1 Å². The first-order chi connectivity index (χ1) is 10.8. The van der Waals surface area contributed by atoms with E-state index >= 15 is 0 Å². The van der Waals surface area contributed by atoms with Gasteiger partial charge in [-0.25, -0.2) is 4.79 Å². The van der Waals surface area contributed by atoms with Crippen LogP contribution in [0.15, 0.2) is 30.3 Å². The van der Waals surface area contributed by atoms with Crippen LogP contribution in [-0.2, 0) is 0 Å². The first-order valence-corrected chi connectivity index (χ1v) is 7.34. The van der Waals surface area contributed by atoms with Crippen molar-refractivity contribution in [3.8, 4) is 5.75 Å². The van der Waals surface area contributed by atoms with Crippen LogP contribution < -0.4 is 10.1 Å². The zero-order chi connectivity index (χ0) is 17.1. The summed E-state index contributed by atoms with van der Waals surface area (Å²) in [5.74, 6) is -1.62. The van der Waals surface area contributed by atoms with Gasteiger partial charge in [-0.2, -0.15) is 0 Å². The largest absolute Gasteiger partial charge is 0.493 e. The van der Waals surface area contributed by atoms with Gasteiger partial charge in [0.15, 0.2) is 5.75 Å². The van der Waals surface area contributed by atoms with Crippen LogP contribution in [0.25, 0.3) is 0 Å². The Labute approximate surface area is 146 Å². The number of ether oxygens (including phenoxy) is 1. The molecule has 2 N–H and O–H groups in total. The molecule has 8 heteroatoms. The van der Waals surface area contributed by atoms with Crippen LogP contribution in [0.4, 0.5) is 5.69 Å². The lowest BCUT2D eigenvalue weighted by atomic mass is 10.1. The van der Waals surface area contributed by atoms with Crippen molar-refractivity contribution in [3.05, 3.63) is 56.5 Å². The molecule has 23 heavy (non-hydrogen) atoms. The number of aromatic carboxylic acids is 1. The third-order valence-corrected chi connectivity index (χ3v) is 3.76. The van der Waals surface area contributed by atoms with Gasteiger partial charge in [0.2, 0.25) is 0 Å². The molecule has 120 valence electrons. The van der Waals surface area contributed by atoms with Gasteiger partial charge in [-0.1, -0.05) is 34.8 Å². The van der Waals surface area contributed by atoms with Crippen molar-refractivity contribution in [2.75, 3.05) is 12.4 Å². The number of nitrogens with one attached hydrogen (secondary N) is 1. The van der Waals surface area contributed by atoms with Crippen LogP contribution in [-0.4, -0.2) is 24.1 Å². The summed E-state index contributed by atoms with van der Waals surface area (Å²) in [6, 6.07) is 6.89. The molecule has 0 saturated carbocycles. The Morgan fingerprint density at radius 1 is 1.09 bits per heavy atom. The Morgan fingerprint density at radius 3 is 2.39 bits per heavy atom. The standard InChI is InChI=1S/C15H10Cl3NO4/c1-23-13-11(18)4-7(15(21)22)5-12(13)19-14(20)9-6-8(16)2-3-10(9)17/h2-6H,1H3,(H,19,20)(H,21,22). The molecule has 0 spiro atoms. The average molecular weight is 375 g/mol. The number of amides is 1. The van der Waals surface area contributed by atoms with Gasteiger partial charge in [0.05, 0.1) is 34.0 Å². The van der Waals surface area contributed by atoms with Gasteiger partial charge in [-0.05, 0) is 30.3 Å². The Kier molecular flexibility index (Phi) is 5.36. The molecule has 0 atom stereocenters. The summed E-state index contributed by atoms with van der Waals surface area (Å²) in [6.45, 7) is 0. The monoisotopic (exact) mass is 373 g/mol. The normalized spacial score (nSPS) is 10.3. The van der Waals surface area contributed by atoms with E-state index in [4.69, 9.17) is 44.6 Å². The molecule has 0 saturated heterocycles. The lowest BCUT2D eigenvalue weighted by Crippen LogP contribution is -2.14. The maximum Gasteiger partial charge on any atom is 0.335 e. The van der Waals surface area contributed by atoms with E-state index in [-0.39, 0.29) is 32.6 Å². The number of halogens is 3. The van der Waals surface area contributed by atoms with Gasteiger partial charge < -0.3 is 15.2 Å². The average Bonchev–Trinajstić information content (AvgIpc) is 2.49. The Hall–Kier alpha value is -1.95. The minimum Gasteiger partial charge on any atom is -0.493 e. The van der Waals surface area contributed by atoms with E-state index in [0.29, 0.717) is 5.02 Å². The minimum absolute atomic E-state index is 0.0555. The van der Waals surface area contributed by atoms with E-state index in [1.54, 1.807) is 6.07 Å². The predicted molar refractivity (Wildman–Crippen MR) is 89.4 cm³/mol. The molecule has 0 fully saturated rings. The highest BCUT2D eigenvalue weighted by molar-refractivity contribution is 6.36. The second-order valence-electron chi connectivity index (χ2n) is 4.42. The van der Waals surface area contributed by atoms with E-state index in [9.17, 15) is 9.59 Å². The first kappa shape index (κ1) is 17.4. The molecular weight excluding hydrogens is 365 g/mol. The highest BCUT2D eigenvalue weighted by Crippen LogP contribution is 2.35. The third kappa shape index (κ3) is 3.88. The van der Waals surface area contributed by atoms with Gasteiger partial charge in [0, 0.05) is 5.02 Å². The second kappa shape index (κ2) is 7.08. The quantitative estimate of drug-likeness (QED) is 0.819. The number of anilines is 1. The van der Waals surface area contributed by atoms with Gasteiger partial charge in [0.25, 0.3) is 5.91 Å². The zero-order valence-electron chi connectivity index (χ0n) is 11.7. The number of benzene rings is 2. The molecular formula is C15H10Cl3NO4. The van der Waals surface area contributed by atoms with Gasteiger partial charge in [0.1, 0.15) is 0 Å². The number of hydrogen-bond acceptors (Lipinski definition) is 3. The lowest BCUT2D eigenvalue weighted by molar-refractivity contribution is 0.0696. The molecule has 0 unspecified atom stereocenters. The molecule has 0 aromatic heterocycles. The summed E-state index contributed by atoms with van der Waals surface area (Å²) >= 11 is 17.8. The van der Waals surface area contributed by atoms with E-state index in [1.807, 2.05) is 0 Å². The Morgan fingerprint density at radius 2 is 1.78 bits per heavy atom. The number of carboxylic acids is 1. The van der Waals surface area contributed by atoms with Crippen molar-refractivity contribution in [1.82, 2.24) is 0 Å². The smallest absolute Gasteiger partial charge is 0.335 e. The molecule has 0 radical (unpaired) electrons. The fourth-order valence-electron chi connectivity index (χ4n) is 1.88. The van der Waals surface area contributed by atoms with E-state index < -0.39 is 11.9 Å². The molecule has 0 heterocycles. The van der Waals surface area contributed by atoms with Gasteiger partial charge >= 0.3 is 5.97 Å². The van der Waals surface area contributed by atoms with Crippen molar-refractivity contribution in [1.29, 1.82) is 0 Å². The maximum atomic E-state index is 12.3. The molecule has 2 aromatic carbocycles. The summed E-state index contributed by atoms with van der Waals surface area (Å²) in [5.41, 5.74) is 0.153. The molecule has 0 aliphatic rings. The molecule has 0 aliphatic carbocycles. The van der Waals surface area contributed by atoms with Crippen LogP contribution in [0.5, 0.6) is 5.75 Å². The van der Waals surface area contributed by atoms with Crippen LogP contribution >= 0.6 is 34.8 Å². The van der Waals surface area contributed by atoms with Crippen LogP contribution in [0.3, 0.4) is 0 Å². The Bertz CT molecular complexity index is 793. The summed E-state index contributed by atoms with van der Waals surface area (Å²) in [7, 11) is 1.35. The summed E-state index contributed by atoms with van der Waals surface area (Å²) in [4.78, 5) is 23.5. The Balaban J connectivity index is 2.44. The molecule has 2 aromatic rings. The summed E-state index contributed by atoms with van der Waals surface area (Å²) < 4.78 is 5.10. The highest BCUT2D eigenvalue weighted by atomic mass is 35.5. The fraction of sp³-hybridized carbons (Fsp3) is 0.0667. The van der Waals surface area contributed by atoms with Gasteiger partial charge in [-0.15, -0.1) is 0 Å². The van der Waals surface area contributed by atoms with E-state index in [2.05, 4.69) is 5.32 Å². The summed E-state index contributed by atoms with van der Waals surface area (Å²) in [6.07, 6.45) is 0. The fourth-order valence-corrected chi connectivity index (χ4v) is 2.55. The highest BCUT2D eigenvalue weighted by Gasteiger charge is 2.18. The lowest BCUT2D eigenvalue weighted by Gasteiger charge is -2.13. The SMILES string of the molecule is COc1c(Cl)cc(C(=O)O)cc1NC(=O)c1cc(Cl)ccc1Cl. The second-order valence-corrected chi connectivity index (χ2v) is 5.67. The molecule has 0 aliphatic heterocycles. The number of carboxylic acid groups (broad SMARTS) is 1. The van der Waals surface area contributed by atoms with E-state index in [1.165, 1.54) is 31.4 Å². The number of methoxy groups -OCH3 is 1.